The Kier molecular flexibility index (Phi) is 3.85. The lowest BCUT2D eigenvalue weighted by atomic mass is 10.2. The molecule has 0 bridgehead atoms. The number of aryl methyl sites for hydroxylation is 1. The summed E-state index contributed by atoms with van der Waals surface area (Å²) >= 11 is 0. The molecule has 0 aliphatic heterocycles. The first-order valence-electron chi connectivity index (χ1n) is 7.43. The molecule has 0 unspecified atom stereocenters. The third kappa shape index (κ3) is 2.94. The SMILES string of the molecule is Cc1ccccc1S(=O)(=O)Nc1ccc2c(c1)ncn2C(C)C. The Morgan fingerprint density at radius 3 is 2.57 bits per heavy atom. The lowest BCUT2D eigenvalue weighted by Crippen LogP contribution is -2.14. The van der Waals surface area contributed by atoms with Gasteiger partial charge in [0, 0.05) is 6.04 Å². The summed E-state index contributed by atoms with van der Waals surface area (Å²) in [5, 5.41) is 0. The second kappa shape index (κ2) is 5.70. The van der Waals surface area contributed by atoms with Gasteiger partial charge in [-0.25, -0.2) is 13.4 Å². The molecule has 0 amide bonds. The molecule has 0 saturated carbocycles. The maximum absolute atomic E-state index is 12.5. The van der Waals surface area contributed by atoms with Crippen LogP contribution in [0.2, 0.25) is 0 Å². The molecule has 2 aromatic carbocycles. The second-order valence-electron chi connectivity index (χ2n) is 5.82. The number of nitrogens with one attached hydrogen (secondary N) is 1. The summed E-state index contributed by atoms with van der Waals surface area (Å²) in [4.78, 5) is 4.63. The molecule has 0 fully saturated rings. The molecule has 0 aliphatic carbocycles. The number of benzene rings is 2. The van der Waals surface area contributed by atoms with Crippen LogP contribution in [0.5, 0.6) is 0 Å². The number of anilines is 1. The molecule has 1 heterocycles. The summed E-state index contributed by atoms with van der Waals surface area (Å²) in [7, 11) is -3.61. The molecule has 6 heteroatoms. The van der Waals surface area contributed by atoms with Gasteiger partial charge in [-0.3, -0.25) is 4.72 Å². The Hall–Kier alpha value is -2.34. The lowest BCUT2D eigenvalue weighted by Gasteiger charge is -2.11. The van der Waals surface area contributed by atoms with Gasteiger partial charge in [0.15, 0.2) is 0 Å². The molecule has 0 radical (unpaired) electrons. The minimum atomic E-state index is -3.61. The van der Waals surface area contributed by atoms with Crippen molar-refractivity contribution in [2.24, 2.45) is 0 Å². The van der Waals surface area contributed by atoms with E-state index in [4.69, 9.17) is 0 Å². The number of imidazole rings is 1. The summed E-state index contributed by atoms with van der Waals surface area (Å²) < 4.78 is 29.7. The molecular weight excluding hydrogens is 310 g/mol. The monoisotopic (exact) mass is 329 g/mol. The van der Waals surface area contributed by atoms with Crippen LogP contribution in [0, 0.1) is 6.92 Å². The van der Waals surface area contributed by atoms with Crippen LogP contribution in [0.15, 0.2) is 53.7 Å². The molecule has 1 N–H and O–H groups in total. The minimum Gasteiger partial charge on any atom is -0.328 e. The number of nitrogens with zero attached hydrogens (tertiary/aromatic N) is 2. The van der Waals surface area contributed by atoms with Crippen molar-refractivity contribution >= 4 is 26.7 Å². The van der Waals surface area contributed by atoms with Crippen molar-refractivity contribution in [3.63, 3.8) is 0 Å². The molecule has 23 heavy (non-hydrogen) atoms. The van der Waals surface area contributed by atoms with Crippen LogP contribution in [0.1, 0.15) is 25.5 Å². The molecule has 5 nitrogen and oxygen atoms in total. The van der Waals surface area contributed by atoms with Crippen molar-refractivity contribution in [2.75, 3.05) is 4.72 Å². The summed E-state index contributed by atoms with van der Waals surface area (Å²) in [6.07, 6.45) is 1.77. The molecule has 0 aliphatic rings. The van der Waals surface area contributed by atoms with Crippen LogP contribution in [-0.4, -0.2) is 18.0 Å². The van der Waals surface area contributed by atoms with E-state index in [-0.39, 0.29) is 4.90 Å². The summed E-state index contributed by atoms with van der Waals surface area (Å²) in [5.41, 5.74) is 2.97. The maximum Gasteiger partial charge on any atom is 0.262 e. The zero-order chi connectivity index (χ0) is 16.6. The number of rotatable bonds is 4. The van der Waals surface area contributed by atoms with E-state index >= 15 is 0 Å². The van der Waals surface area contributed by atoms with Gasteiger partial charge in [0.25, 0.3) is 10.0 Å². The van der Waals surface area contributed by atoms with E-state index in [9.17, 15) is 8.42 Å². The first kappa shape index (κ1) is 15.6. The number of hydrogen-bond donors (Lipinski definition) is 1. The van der Waals surface area contributed by atoms with Crippen molar-refractivity contribution in [2.45, 2.75) is 31.7 Å². The fourth-order valence-electron chi connectivity index (χ4n) is 2.57. The van der Waals surface area contributed by atoms with E-state index < -0.39 is 10.0 Å². The Morgan fingerprint density at radius 1 is 1.13 bits per heavy atom. The van der Waals surface area contributed by atoms with Crippen LogP contribution in [0.3, 0.4) is 0 Å². The summed E-state index contributed by atoms with van der Waals surface area (Å²) in [5.74, 6) is 0. The Labute approximate surface area is 136 Å². The van der Waals surface area contributed by atoms with Crippen molar-refractivity contribution in [3.05, 3.63) is 54.4 Å². The van der Waals surface area contributed by atoms with Crippen LogP contribution in [-0.2, 0) is 10.0 Å². The van der Waals surface area contributed by atoms with E-state index in [1.807, 2.05) is 12.1 Å². The van der Waals surface area contributed by atoms with Gasteiger partial charge in [0.1, 0.15) is 0 Å². The first-order chi connectivity index (χ1) is 10.9. The maximum atomic E-state index is 12.5. The average Bonchev–Trinajstić information content (AvgIpc) is 2.90. The summed E-state index contributed by atoms with van der Waals surface area (Å²) in [6.45, 7) is 5.94. The molecule has 3 aromatic rings. The fourth-order valence-corrected chi connectivity index (χ4v) is 3.87. The molecule has 3 rings (SSSR count). The number of aromatic nitrogens is 2. The van der Waals surface area contributed by atoms with Gasteiger partial charge in [-0.15, -0.1) is 0 Å². The van der Waals surface area contributed by atoms with Crippen molar-refractivity contribution in [1.29, 1.82) is 0 Å². The summed E-state index contributed by atoms with van der Waals surface area (Å²) in [6, 6.07) is 12.6. The van der Waals surface area contributed by atoms with Crippen molar-refractivity contribution < 1.29 is 8.42 Å². The molecular formula is C17H19N3O2S. The fraction of sp³-hybridized carbons (Fsp3) is 0.235. The molecule has 1 aromatic heterocycles. The molecule has 0 atom stereocenters. The lowest BCUT2D eigenvalue weighted by molar-refractivity contribution is 0.600. The third-order valence-corrected chi connectivity index (χ3v) is 5.31. The zero-order valence-electron chi connectivity index (χ0n) is 13.3. The van der Waals surface area contributed by atoms with Gasteiger partial charge in [0.05, 0.1) is 27.9 Å². The van der Waals surface area contributed by atoms with Crippen molar-refractivity contribution in [1.82, 2.24) is 9.55 Å². The third-order valence-electron chi connectivity index (χ3n) is 3.77. The largest absolute Gasteiger partial charge is 0.328 e. The predicted molar refractivity (Wildman–Crippen MR) is 92.1 cm³/mol. The van der Waals surface area contributed by atoms with Gasteiger partial charge < -0.3 is 4.57 Å². The molecule has 120 valence electrons. The van der Waals surface area contributed by atoms with E-state index in [1.54, 1.807) is 43.6 Å². The molecule has 0 saturated heterocycles. The Balaban J connectivity index is 1.97. The number of hydrogen-bond acceptors (Lipinski definition) is 3. The predicted octanol–water partition coefficient (Wildman–Crippen LogP) is 3.73. The smallest absolute Gasteiger partial charge is 0.262 e. The Bertz CT molecular complexity index is 959. The topological polar surface area (TPSA) is 64.0 Å². The van der Waals surface area contributed by atoms with Crippen LogP contribution >= 0.6 is 0 Å². The highest BCUT2D eigenvalue weighted by molar-refractivity contribution is 7.92. The van der Waals surface area contributed by atoms with Crippen LogP contribution < -0.4 is 4.72 Å². The van der Waals surface area contributed by atoms with E-state index in [0.717, 1.165) is 11.0 Å². The zero-order valence-corrected chi connectivity index (χ0v) is 14.1. The van der Waals surface area contributed by atoms with Gasteiger partial charge in [-0.05, 0) is 50.6 Å². The van der Waals surface area contributed by atoms with E-state index in [1.165, 1.54) is 0 Å². The second-order valence-corrected chi connectivity index (χ2v) is 7.47. The highest BCUT2D eigenvalue weighted by atomic mass is 32.2. The standard InChI is InChI=1S/C17H19N3O2S/c1-12(2)20-11-18-15-10-14(8-9-16(15)20)19-23(21,22)17-7-5-4-6-13(17)3/h4-12,19H,1-3H3. The van der Waals surface area contributed by atoms with Crippen LogP contribution in [0.4, 0.5) is 5.69 Å². The van der Waals surface area contributed by atoms with E-state index in [0.29, 0.717) is 17.3 Å². The van der Waals surface area contributed by atoms with E-state index in [2.05, 4.69) is 28.1 Å². The normalized spacial score (nSPS) is 12.0. The van der Waals surface area contributed by atoms with Crippen LogP contribution in [0.25, 0.3) is 11.0 Å². The van der Waals surface area contributed by atoms with Gasteiger partial charge in [0.2, 0.25) is 0 Å². The van der Waals surface area contributed by atoms with Crippen molar-refractivity contribution in [3.8, 4) is 0 Å². The van der Waals surface area contributed by atoms with Gasteiger partial charge >= 0.3 is 0 Å². The Morgan fingerprint density at radius 2 is 1.87 bits per heavy atom. The molecule has 0 spiro atoms. The average molecular weight is 329 g/mol. The highest BCUT2D eigenvalue weighted by Crippen LogP contribution is 2.24. The quantitative estimate of drug-likeness (QED) is 0.793. The number of fused-ring (bicyclic) bond motifs is 1. The van der Waals surface area contributed by atoms with Gasteiger partial charge in [-0.1, -0.05) is 18.2 Å². The van der Waals surface area contributed by atoms with Gasteiger partial charge in [-0.2, -0.15) is 0 Å². The first-order valence-corrected chi connectivity index (χ1v) is 8.92. The highest BCUT2D eigenvalue weighted by Gasteiger charge is 2.17. The number of sulfonamides is 1. The minimum absolute atomic E-state index is 0.285.